The van der Waals surface area contributed by atoms with Gasteiger partial charge in [-0.25, -0.2) is 0 Å². The Balaban J connectivity index is 2.17. The molecule has 1 unspecified atom stereocenters. The smallest absolute Gasteiger partial charge is 0.0381 e. The molecule has 0 aromatic heterocycles. The summed E-state index contributed by atoms with van der Waals surface area (Å²) in [6.07, 6.45) is 2.55. The van der Waals surface area contributed by atoms with Crippen LogP contribution < -0.4 is 10.6 Å². The van der Waals surface area contributed by atoms with Gasteiger partial charge in [0, 0.05) is 35.8 Å². The lowest BCUT2D eigenvalue weighted by Gasteiger charge is -2.37. The standard InChI is InChI=1S/C14H22BrN3/c1-17(2)13-4-3-5-18(10-13)14-7-11(9-16)6-12(15)8-14/h6-8,13H,3-5,9-10,16H2,1-2H3. The van der Waals surface area contributed by atoms with Crippen molar-refractivity contribution in [1.82, 2.24) is 4.90 Å². The SMILES string of the molecule is CN(C)C1CCCN(c2cc(Br)cc(CN)c2)C1. The summed E-state index contributed by atoms with van der Waals surface area (Å²) in [7, 11) is 4.33. The summed E-state index contributed by atoms with van der Waals surface area (Å²) in [5, 5.41) is 0. The minimum Gasteiger partial charge on any atom is -0.370 e. The Morgan fingerprint density at radius 2 is 2.17 bits per heavy atom. The maximum Gasteiger partial charge on any atom is 0.0381 e. The highest BCUT2D eigenvalue weighted by atomic mass is 79.9. The molecule has 0 aliphatic carbocycles. The molecule has 1 heterocycles. The molecule has 1 atom stereocenters. The largest absolute Gasteiger partial charge is 0.370 e. The number of anilines is 1. The van der Waals surface area contributed by atoms with E-state index in [0.717, 1.165) is 17.6 Å². The van der Waals surface area contributed by atoms with E-state index in [9.17, 15) is 0 Å². The number of rotatable bonds is 3. The number of nitrogens with two attached hydrogens (primary N) is 1. The molecule has 1 aliphatic rings. The van der Waals surface area contributed by atoms with E-state index in [0.29, 0.717) is 12.6 Å². The molecule has 0 amide bonds. The van der Waals surface area contributed by atoms with E-state index >= 15 is 0 Å². The Labute approximate surface area is 118 Å². The molecule has 1 aromatic rings. The summed E-state index contributed by atoms with van der Waals surface area (Å²) in [4.78, 5) is 4.80. The number of halogens is 1. The zero-order valence-corrected chi connectivity index (χ0v) is 12.8. The third kappa shape index (κ3) is 3.25. The fraction of sp³-hybridized carbons (Fsp3) is 0.571. The highest BCUT2D eigenvalue weighted by Crippen LogP contribution is 2.26. The molecule has 3 nitrogen and oxygen atoms in total. The summed E-state index contributed by atoms with van der Waals surface area (Å²) in [6, 6.07) is 7.15. The van der Waals surface area contributed by atoms with Crippen LogP contribution in [0.4, 0.5) is 5.69 Å². The van der Waals surface area contributed by atoms with Crippen LogP contribution in [0.3, 0.4) is 0 Å². The van der Waals surface area contributed by atoms with Crippen LogP contribution in [-0.4, -0.2) is 38.1 Å². The van der Waals surface area contributed by atoms with Gasteiger partial charge in [0.25, 0.3) is 0 Å². The number of hydrogen-bond donors (Lipinski definition) is 1. The van der Waals surface area contributed by atoms with E-state index in [1.807, 2.05) is 0 Å². The maximum absolute atomic E-state index is 5.75. The third-order valence-electron chi connectivity index (χ3n) is 3.67. The topological polar surface area (TPSA) is 32.5 Å². The third-order valence-corrected chi connectivity index (χ3v) is 4.13. The molecular weight excluding hydrogens is 290 g/mol. The van der Waals surface area contributed by atoms with Crippen LogP contribution in [0.25, 0.3) is 0 Å². The summed E-state index contributed by atoms with van der Waals surface area (Å²) < 4.78 is 1.12. The second kappa shape index (κ2) is 6.04. The molecule has 2 rings (SSSR count). The van der Waals surface area contributed by atoms with Gasteiger partial charge >= 0.3 is 0 Å². The first-order valence-corrected chi connectivity index (χ1v) is 7.30. The molecule has 1 saturated heterocycles. The van der Waals surface area contributed by atoms with Gasteiger partial charge in [-0.15, -0.1) is 0 Å². The number of hydrogen-bond acceptors (Lipinski definition) is 3. The van der Waals surface area contributed by atoms with Crippen molar-refractivity contribution >= 4 is 21.6 Å². The fourth-order valence-corrected chi connectivity index (χ4v) is 3.07. The zero-order valence-electron chi connectivity index (χ0n) is 11.2. The predicted octanol–water partition coefficient (Wildman–Crippen LogP) is 2.44. The Bertz CT molecular complexity index is 406. The predicted molar refractivity (Wildman–Crippen MR) is 81.0 cm³/mol. The van der Waals surface area contributed by atoms with Crippen LogP contribution in [0.2, 0.25) is 0 Å². The molecule has 0 bridgehead atoms. The van der Waals surface area contributed by atoms with Crippen molar-refractivity contribution < 1.29 is 0 Å². The first-order chi connectivity index (χ1) is 8.60. The molecule has 0 saturated carbocycles. The zero-order chi connectivity index (χ0) is 13.1. The summed E-state index contributed by atoms with van der Waals surface area (Å²) in [5.41, 5.74) is 8.22. The average Bonchev–Trinajstić information content (AvgIpc) is 2.38. The van der Waals surface area contributed by atoms with Gasteiger partial charge in [-0.3, -0.25) is 0 Å². The van der Waals surface area contributed by atoms with Crippen LogP contribution in [0.1, 0.15) is 18.4 Å². The van der Waals surface area contributed by atoms with Crippen molar-refractivity contribution in [2.45, 2.75) is 25.4 Å². The molecule has 100 valence electrons. The van der Waals surface area contributed by atoms with E-state index in [2.05, 4.69) is 58.0 Å². The van der Waals surface area contributed by atoms with Gasteiger partial charge in [-0.2, -0.15) is 0 Å². The van der Waals surface area contributed by atoms with Gasteiger partial charge in [-0.05, 0) is 50.7 Å². The van der Waals surface area contributed by atoms with Gasteiger partial charge < -0.3 is 15.5 Å². The maximum atomic E-state index is 5.75. The lowest BCUT2D eigenvalue weighted by Crippen LogP contribution is -2.45. The van der Waals surface area contributed by atoms with Crippen molar-refractivity contribution in [3.05, 3.63) is 28.2 Å². The average molecular weight is 312 g/mol. The molecule has 0 radical (unpaired) electrons. The van der Waals surface area contributed by atoms with Gasteiger partial charge in [-0.1, -0.05) is 15.9 Å². The molecule has 2 N–H and O–H groups in total. The van der Waals surface area contributed by atoms with Gasteiger partial charge in [0.2, 0.25) is 0 Å². The van der Waals surface area contributed by atoms with Crippen LogP contribution in [0.5, 0.6) is 0 Å². The quantitative estimate of drug-likeness (QED) is 0.930. The van der Waals surface area contributed by atoms with E-state index in [1.165, 1.54) is 24.1 Å². The minimum atomic E-state index is 0.595. The van der Waals surface area contributed by atoms with Crippen molar-refractivity contribution in [2.75, 3.05) is 32.1 Å². The Hall–Kier alpha value is -0.580. The van der Waals surface area contributed by atoms with E-state index < -0.39 is 0 Å². The van der Waals surface area contributed by atoms with E-state index in [1.54, 1.807) is 0 Å². The van der Waals surface area contributed by atoms with E-state index in [-0.39, 0.29) is 0 Å². The Kier molecular flexibility index (Phi) is 4.65. The number of benzene rings is 1. The van der Waals surface area contributed by atoms with Gasteiger partial charge in [0.15, 0.2) is 0 Å². The fourth-order valence-electron chi connectivity index (χ4n) is 2.54. The molecule has 1 fully saturated rings. The molecule has 18 heavy (non-hydrogen) atoms. The van der Waals surface area contributed by atoms with Crippen molar-refractivity contribution in [2.24, 2.45) is 5.73 Å². The first-order valence-electron chi connectivity index (χ1n) is 6.51. The molecule has 0 spiro atoms. The molecular formula is C14H22BrN3. The van der Waals surface area contributed by atoms with Crippen LogP contribution in [0, 0.1) is 0 Å². The summed E-state index contributed by atoms with van der Waals surface area (Å²) >= 11 is 3.57. The van der Waals surface area contributed by atoms with Crippen LogP contribution >= 0.6 is 15.9 Å². The first kappa shape index (κ1) is 13.8. The molecule has 1 aromatic carbocycles. The van der Waals surface area contributed by atoms with Gasteiger partial charge in [0.05, 0.1) is 0 Å². The number of piperidine rings is 1. The highest BCUT2D eigenvalue weighted by molar-refractivity contribution is 9.10. The van der Waals surface area contributed by atoms with Crippen molar-refractivity contribution in [3.8, 4) is 0 Å². The normalized spacial score (nSPS) is 20.5. The van der Waals surface area contributed by atoms with Crippen LogP contribution in [0.15, 0.2) is 22.7 Å². The number of nitrogens with zero attached hydrogens (tertiary/aromatic N) is 2. The lowest BCUT2D eigenvalue weighted by molar-refractivity contribution is 0.258. The minimum absolute atomic E-state index is 0.595. The number of likely N-dealkylation sites (N-methyl/N-ethyl adjacent to an activating group) is 1. The summed E-state index contributed by atoms with van der Waals surface area (Å²) in [6.45, 7) is 2.84. The van der Waals surface area contributed by atoms with Crippen LogP contribution in [-0.2, 0) is 6.54 Å². The van der Waals surface area contributed by atoms with Crippen molar-refractivity contribution in [1.29, 1.82) is 0 Å². The second-order valence-corrected chi connectivity index (χ2v) is 6.14. The Morgan fingerprint density at radius 3 is 2.83 bits per heavy atom. The lowest BCUT2D eigenvalue weighted by atomic mass is 10.0. The summed E-state index contributed by atoms with van der Waals surface area (Å²) in [5.74, 6) is 0. The van der Waals surface area contributed by atoms with Gasteiger partial charge in [0.1, 0.15) is 0 Å². The molecule has 1 aliphatic heterocycles. The van der Waals surface area contributed by atoms with Crippen molar-refractivity contribution in [3.63, 3.8) is 0 Å². The second-order valence-electron chi connectivity index (χ2n) is 5.23. The monoisotopic (exact) mass is 311 g/mol. The Morgan fingerprint density at radius 1 is 1.39 bits per heavy atom. The molecule has 4 heteroatoms. The highest BCUT2D eigenvalue weighted by Gasteiger charge is 2.21. The van der Waals surface area contributed by atoms with E-state index in [4.69, 9.17) is 5.73 Å².